The molecule has 0 unspecified atom stereocenters. The molecule has 0 bridgehead atoms. The first-order valence-corrected chi connectivity index (χ1v) is 8.88. The smallest absolute Gasteiger partial charge is 0.286 e. The Bertz CT molecular complexity index is 928. The number of hydrogen-bond donors (Lipinski definition) is 1. The van der Waals surface area contributed by atoms with Gasteiger partial charge in [0.1, 0.15) is 5.56 Å². The number of nitrogens with zero attached hydrogens (tertiary/aromatic N) is 2. The van der Waals surface area contributed by atoms with Crippen LogP contribution in [0, 0.1) is 10.1 Å². The number of anilines is 1. The molecule has 154 valence electrons. The van der Waals surface area contributed by atoms with E-state index in [-0.39, 0.29) is 23.0 Å². The molecule has 2 amide bonds. The highest BCUT2D eigenvalue weighted by molar-refractivity contribution is 6.07. The number of methoxy groups -OCH3 is 1. The van der Waals surface area contributed by atoms with Crippen molar-refractivity contribution in [1.29, 1.82) is 0 Å². The van der Waals surface area contributed by atoms with E-state index in [9.17, 15) is 19.7 Å². The summed E-state index contributed by atoms with van der Waals surface area (Å²) in [6.45, 7) is 3.89. The van der Waals surface area contributed by atoms with E-state index in [1.165, 1.54) is 25.0 Å². The van der Waals surface area contributed by atoms with E-state index >= 15 is 0 Å². The maximum Gasteiger partial charge on any atom is 0.286 e. The molecule has 2 aromatic carbocycles. The molecular formula is C20H23N3O6. The van der Waals surface area contributed by atoms with Crippen LogP contribution in [-0.2, 0) is 11.3 Å². The Balaban J connectivity index is 2.33. The molecule has 9 nitrogen and oxygen atoms in total. The van der Waals surface area contributed by atoms with Gasteiger partial charge in [-0.1, -0.05) is 12.1 Å². The third-order valence-corrected chi connectivity index (χ3v) is 4.17. The average molecular weight is 401 g/mol. The number of nitro groups is 1. The maximum absolute atomic E-state index is 12.8. The van der Waals surface area contributed by atoms with Crippen LogP contribution >= 0.6 is 0 Å². The number of benzene rings is 2. The lowest BCUT2D eigenvalue weighted by atomic mass is 10.1. The number of ether oxygens (including phenoxy) is 2. The molecular weight excluding hydrogens is 378 g/mol. The third-order valence-electron chi connectivity index (χ3n) is 4.17. The van der Waals surface area contributed by atoms with Crippen LogP contribution in [0.15, 0.2) is 36.4 Å². The molecule has 2 rings (SSSR count). The van der Waals surface area contributed by atoms with Crippen LogP contribution in [-0.4, -0.2) is 42.4 Å². The van der Waals surface area contributed by atoms with Crippen LogP contribution in [0.25, 0.3) is 0 Å². The maximum atomic E-state index is 12.8. The molecule has 0 fully saturated rings. The zero-order chi connectivity index (χ0) is 21.6. The number of carbonyl (C=O) groups is 2. The molecule has 0 radical (unpaired) electrons. The molecule has 0 saturated carbocycles. The second-order valence-corrected chi connectivity index (χ2v) is 6.24. The van der Waals surface area contributed by atoms with Gasteiger partial charge in [-0.15, -0.1) is 0 Å². The fourth-order valence-corrected chi connectivity index (χ4v) is 2.64. The van der Waals surface area contributed by atoms with Gasteiger partial charge in [-0.05, 0) is 24.6 Å². The van der Waals surface area contributed by atoms with Gasteiger partial charge in [0.25, 0.3) is 11.6 Å². The lowest BCUT2D eigenvalue weighted by molar-refractivity contribution is -0.385. The Morgan fingerprint density at radius 2 is 1.93 bits per heavy atom. The van der Waals surface area contributed by atoms with Gasteiger partial charge in [0.05, 0.1) is 24.7 Å². The summed E-state index contributed by atoms with van der Waals surface area (Å²) in [6.07, 6.45) is 0. The van der Waals surface area contributed by atoms with Crippen molar-refractivity contribution < 1.29 is 24.0 Å². The van der Waals surface area contributed by atoms with E-state index in [1.807, 2.05) is 6.07 Å². The first-order valence-electron chi connectivity index (χ1n) is 8.88. The summed E-state index contributed by atoms with van der Waals surface area (Å²) in [6, 6.07) is 9.37. The van der Waals surface area contributed by atoms with Crippen molar-refractivity contribution in [1.82, 2.24) is 4.90 Å². The molecule has 0 aliphatic carbocycles. The Hall–Kier alpha value is -3.62. The highest BCUT2D eigenvalue weighted by Crippen LogP contribution is 2.35. The largest absolute Gasteiger partial charge is 0.493 e. The Labute approximate surface area is 168 Å². The quantitative estimate of drug-likeness (QED) is 0.537. The SMILES string of the molecule is CCOc1cc(C(=O)Nc2cccc(CN(C)C(C)=O)c2)c([N+](=O)[O-])cc1OC. The zero-order valence-electron chi connectivity index (χ0n) is 16.7. The monoisotopic (exact) mass is 401 g/mol. The third kappa shape index (κ3) is 5.44. The van der Waals surface area contributed by atoms with E-state index in [4.69, 9.17) is 9.47 Å². The van der Waals surface area contributed by atoms with Crippen molar-refractivity contribution >= 4 is 23.2 Å². The minimum Gasteiger partial charge on any atom is -0.493 e. The number of amides is 2. The van der Waals surface area contributed by atoms with Crippen LogP contribution in [0.4, 0.5) is 11.4 Å². The molecule has 9 heteroatoms. The highest BCUT2D eigenvalue weighted by atomic mass is 16.6. The van der Waals surface area contributed by atoms with Crippen LogP contribution < -0.4 is 14.8 Å². The van der Waals surface area contributed by atoms with Gasteiger partial charge >= 0.3 is 0 Å². The van der Waals surface area contributed by atoms with E-state index in [1.54, 1.807) is 32.2 Å². The lowest BCUT2D eigenvalue weighted by Gasteiger charge is -2.16. The van der Waals surface area contributed by atoms with E-state index in [0.717, 1.165) is 11.6 Å². The summed E-state index contributed by atoms with van der Waals surface area (Å²) in [4.78, 5) is 36.5. The van der Waals surface area contributed by atoms with E-state index in [2.05, 4.69) is 5.32 Å². The lowest BCUT2D eigenvalue weighted by Crippen LogP contribution is -2.23. The fourth-order valence-electron chi connectivity index (χ4n) is 2.64. The number of nitrogens with one attached hydrogen (secondary N) is 1. The van der Waals surface area contributed by atoms with Crippen molar-refractivity contribution in [2.75, 3.05) is 26.1 Å². The van der Waals surface area contributed by atoms with Gasteiger partial charge in [0.15, 0.2) is 11.5 Å². The van der Waals surface area contributed by atoms with Crippen molar-refractivity contribution in [3.63, 3.8) is 0 Å². The van der Waals surface area contributed by atoms with Gasteiger partial charge < -0.3 is 19.7 Å². The van der Waals surface area contributed by atoms with Crippen LogP contribution in [0.5, 0.6) is 11.5 Å². The summed E-state index contributed by atoms with van der Waals surface area (Å²) < 4.78 is 10.5. The van der Waals surface area contributed by atoms with Crippen molar-refractivity contribution in [2.45, 2.75) is 20.4 Å². The molecule has 0 aliphatic rings. The van der Waals surface area contributed by atoms with Gasteiger partial charge in [-0.2, -0.15) is 0 Å². The van der Waals surface area contributed by atoms with Gasteiger partial charge in [-0.25, -0.2) is 0 Å². The molecule has 0 aliphatic heterocycles. The summed E-state index contributed by atoms with van der Waals surface area (Å²) >= 11 is 0. The normalized spacial score (nSPS) is 10.2. The second kappa shape index (κ2) is 9.54. The van der Waals surface area contributed by atoms with Crippen LogP contribution in [0.3, 0.4) is 0 Å². The first-order chi connectivity index (χ1) is 13.8. The Morgan fingerprint density at radius 3 is 2.52 bits per heavy atom. The molecule has 2 aromatic rings. The molecule has 0 atom stereocenters. The minimum absolute atomic E-state index is 0.0863. The predicted octanol–water partition coefficient (Wildman–Crippen LogP) is 3.23. The number of rotatable bonds is 8. The van der Waals surface area contributed by atoms with Gasteiger partial charge in [0, 0.05) is 32.3 Å². The number of carbonyl (C=O) groups excluding carboxylic acids is 2. The average Bonchev–Trinajstić information content (AvgIpc) is 2.67. The van der Waals surface area contributed by atoms with Gasteiger partial charge in [0.2, 0.25) is 5.91 Å². The van der Waals surface area contributed by atoms with Crippen molar-refractivity contribution in [3.8, 4) is 11.5 Å². The van der Waals surface area contributed by atoms with Gasteiger partial charge in [-0.3, -0.25) is 19.7 Å². The molecule has 29 heavy (non-hydrogen) atoms. The Morgan fingerprint density at radius 1 is 1.21 bits per heavy atom. The van der Waals surface area contributed by atoms with Crippen molar-refractivity contribution in [3.05, 3.63) is 57.6 Å². The standard InChI is InChI=1S/C20H23N3O6/c1-5-29-19-10-16(17(23(26)27)11-18(19)28-4)20(25)21-15-8-6-7-14(9-15)12-22(3)13(2)24/h6-11H,5,12H2,1-4H3,(H,21,25). The number of nitro benzene ring substituents is 1. The van der Waals surface area contributed by atoms with Crippen LogP contribution in [0.2, 0.25) is 0 Å². The minimum atomic E-state index is -0.655. The van der Waals surface area contributed by atoms with E-state index < -0.39 is 16.5 Å². The molecule has 0 aromatic heterocycles. The fraction of sp³-hybridized carbons (Fsp3) is 0.300. The summed E-state index contributed by atoms with van der Waals surface area (Å²) in [5.74, 6) is -0.332. The zero-order valence-corrected chi connectivity index (χ0v) is 16.7. The summed E-state index contributed by atoms with van der Waals surface area (Å²) in [7, 11) is 3.04. The predicted molar refractivity (Wildman–Crippen MR) is 107 cm³/mol. The molecule has 1 N–H and O–H groups in total. The second-order valence-electron chi connectivity index (χ2n) is 6.24. The van der Waals surface area contributed by atoms with Crippen LogP contribution in [0.1, 0.15) is 29.8 Å². The topological polar surface area (TPSA) is 111 Å². The summed E-state index contributed by atoms with van der Waals surface area (Å²) in [5, 5.41) is 14.1. The van der Waals surface area contributed by atoms with E-state index in [0.29, 0.717) is 18.8 Å². The Kier molecular flexibility index (Phi) is 7.13. The molecule has 0 saturated heterocycles. The number of hydrogen-bond acceptors (Lipinski definition) is 6. The highest BCUT2D eigenvalue weighted by Gasteiger charge is 2.25. The molecule has 0 spiro atoms. The molecule has 0 heterocycles. The van der Waals surface area contributed by atoms with Crippen molar-refractivity contribution in [2.24, 2.45) is 0 Å². The first kappa shape index (κ1) is 21.7. The summed E-state index contributed by atoms with van der Waals surface area (Å²) in [5.41, 5.74) is 0.716.